The molecule has 0 saturated carbocycles. The number of nitrogens with one attached hydrogen (secondary N) is 1. The zero-order valence-corrected chi connectivity index (χ0v) is 12.3. The van der Waals surface area contributed by atoms with Crippen molar-refractivity contribution in [3.05, 3.63) is 36.1 Å². The molecule has 2 aromatic rings. The molecular weight excluding hydrogens is 234 g/mol. The summed E-state index contributed by atoms with van der Waals surface area (Å²) in [4.78, 5) is 0. The SMILES string of the molecule is CCCCC(CC)NC(C)c1cc2ccccc2o1. The smallest absolute Gasteiger partial charge is 0.134 e. The van der Waals surface area contributed by atoms with Crippen LogP contribution in [0.2, 0.25) is 0 Å². The summed E-state index contributed by atoms with van der Waals surface area (Å²) in [6.07, 6.45) is 4.97. The summed E-state index contributed by atoms with van der Waals surface area (Å²) in [7, 11) is 0. The van der Waals surface area contributed by atoms with Gasteiger partial charge in [-0.1, -0.05) is 44.9 Å². The van der Waals surface area contributed by atoms with Crippen LogP contribution in [0.1, 0.15) is 58.3 Å². The van der Waals surface area contributed by atoms with Crippen LogP contribution in [-0.2, 0) is 0 Å². The Bertz CT molecular complexity index is 470. The lowest BCUT2D eigenvalue weighted by atomic mass is 10.1. The first-order valence-corrected chi connectivity index (χ1v) is 7.49. The molecular formula is C17H25NO. The van der Waals surface area contributed by atoms with Crippen molar-refractivity contribution in [2.75, 3.05) is 0 Å². The monoisotopic (exact) mass is 259 g/mol. The Hall–Kier alpha value is -1.28. The fourth-order valence-corrected chi connectivity index (χ4v) is 2.51. The number of hydrogen-bond donors (Lipinski definition) is 1. The first-order valence-electron chi connectivity index (χ1n) is 7.49. The Labute approximate surface area is 116 Å². The molecule has 1 heterocycles. The van der Waals surface area contributed by atoms with Crippen molar-refractivity contribution in [3.8, 4) is 0 Å². The van der Waals surface area contributed by atoms with Crippen molar-refractivity contribution in [3.63, 3.8) is 0 Å². The van der Waals surface area contributed by atoms with Crippen molar-refractivity contribution in [2.24, 2.45) is 0 Å². The lowest BCUT2D eigenvalue weighted by molar-refractivity contribution is 0.372. The topological polar surface area (TPSA) is 25.2 Å². The van der Waals surface area contributed by atoms with Gasteiger partial charge in [-0.2, -0.15) is 0 Å². The van der Waals surface area contributed by atoms with Crippen molar-refractivity contribution in [1.29, 1.82) is 0 Å². The van der Waals surface area contributed by atoms with E-state index in [0.29, 0.717) is 6.04 Å². The largest absolute Gasteiger partial charge is 0.459 e. The molecule has 0 aliphatic heterocycles. The average molecular weight is 259 g/mol. The third kappa shape index (κ3) is 3.60. The maximum absolute atomic E-state index is 5.92. The third-order valence-corrected chi connectivity index (χ3v) is 3.76. The van der Waals surface area contributed by atoms with Crippen molar-refractivity contribution < 1.29 is 4.42 Å². The second-order valence-corrected chi connectivity index (χ2v) is 5.32. The maximum atomic E-state index is 5.92. The first kappa shape index (κ1) is 14.1. The van der Waals surface area contributed by atoms with Gasteiger partial charge in [0.05, 0.1) is 6.04 Å². The highest BCUT2D eigenvalue weighted by Crippen LogP contribution is 2.24. The van der Waals surface area contributed by atoms with Gasteiger partial charge in [-0.15, -0.1) is 0 Å². The number of unbranched alkanes of at least 4 members (excludes halogenated alkanes) is 1. The lowest BCUT2D eigenvalue weighted by Gasteiger charge is -2.20. The van der Waals surface area contributed by atoms with Crippen LogP contribution < -0.4 is 5.32 Å². The molecule has 0 spiro atoms. The Kier molecular flexibility index (Phi) is 5.03. The molecule has 1 aromatic heterocycles. The van der Waals surface area contributed by atoms with E-state index in [1.165, 1.54) is 31.1 Å². The van der Waals surface area contributed by atoms with E-state index in [0.717, 1.165) is 11.3 Å². The molecule has 19 heavy (non-hydrogen) atoms. The van der Waals surface area contributed by atoms with Crippen LogP contribution in [0.4, 0.5) is 0 Å². The molecule has 2 atom stereocenters. The van der Waals surface area contributed by atoms with Crippen LogP contribution in [0.5, 0.6) is 0 Å². The summed E-state index contributed by atoms with van der Waals surface area (Å²) < 4.78 is 5.92. The highest BCUT2D eigenvalue weighted by molar-refractivity contribution is 5.77. The quantitative estimate of drug-likeness (QED) is 0.752. The van der Waals surface area contributed by atoms with Gasteiger partial charge in [-0.25, -0.2) is 0 Å². The zero-order chi connectivity index (χ0) is 13.7. The Balaban J connectivity index is 2.03. The number of para-hydroxylation sites is 1. The number of furan rings is 1. The van der Waals surface area contributed by atoms with E-state index in [4.69, 9.17) is 4.42 Å². The van der Waals surface area contributed by atoms with Gasteiger partial charge >= 0.3 is 0 Å². The summed E-state index contributed by atoms with van der Waals surface area (Å²) in [5.74, 6) is 1.04. The standard InChI is InChI=1S/C17H25NO/c1-4-6-10-15(5-2)18-13(3)17-12-14-9-7-8-11-16(14)19-17/h7-9,11-13,15,18H,4-6,10H2,1-3H3. The van der Waals surface area contributed by atoms with Gasteiger partial charge in [0.2, 0.25) is 0 Å². The summed E-state index contributed by atoms with van der Waals surface area (Å²) in [5.41, 5.74) is 0.979. The molecule has 0 aliphatic rings. The number of rotatable bonds is 7. The Morgan fingerprint density at radius 3 is 2.68 bits per heavy atom. The molecule has 2 nitrogen and oxygen atoms in total. The second kappa shape index (κ2) is 6.76. The molecule has 0 saturated heterocycles. The molecule has 2 heteroatoms. The van der Waals surface area contributed by atoms with Gasteiger partial charge in [0.25, 0.3) is 0 Å². The number of hydrogen-bond acceptors (Lipinski definition) is 2. The van der Waals surface area contributed by atoms with E-state index >= 15 is 0 Å². The van der Waals surface area contributed by atoms with Crippen molar-refractivity contribution in [1.82, 2.24) is 5.32 Å². The number of benzene rings is 1. The summed E-state index contributed by atoms with van der Waals surface area (Å²) >= 11 is 0. The lowest BCUT2D eigenvalue weighted by Crippen LogP contribution is -2.30. The van der Waals surface area contributed by atoms with Crippen LogP contribution in [0.3, 0.4) is 0 Å². The van der Waals surface area contributed by atoms with Crippen molar-refractivity contribution in [2.45, 2.75) is 58.5 Å². The van der Waals surface area contributed by atoms with Gasteiger partial charge < -0.3 is 9.73 Å². The predicted molar refractivity (Wildman–Crippen MR) is 81.4 cm³/mol. The molecule has 1 aromatic carbocycles. The van der Waals surface area contributed by atoms with Gasteiger partial charge in [-0.3, -0.25) is 0 Å². The van der Waals surface area contributed by atoms with Crippen LogP contribution >= 0.6 is 0 Å². The van der Waals surface area contributed by atoms with E-state index in [2.05, 4.69) is 44.3 Å². The fraction of sp³-hybridized carbons (Fsp3) is 0.529. The molecule has 1 N–H and O–H groups in total. The Morgan fingerprint density at radius 1 is 1.21 bits per heavy atom. The van der Waals surface area contributed by atoms with Crippen LogP contribution in [0, 0.1) is 0 Å². The summed E-state index contributed by atoms with van der Waals surface area (Å²) in [6, 6.07) is 11.2. The molecule has 104 valence electrons. The molecule has 2 unspecified atom stereocenters. The van der Waals surface area contributed by atoms with Gasteiger partial charge in [-0.05, 0) is 31.9 Å². The third-order valence-electron chi connectivity index (χ3n) is 3.76. The molecule has 0 amide bonds. The molecule has 2 rings (SSSR count). The maximum Gasteiger partial charge on any atom is 0.134 e. The van der Waals surface area contributed by atoms with E-state index in [-0.39, 0.29) is 6.04 Å². The number of fused-ring (bicyclic) bond motifs is 1. The van der Waals surface area contributed by atoms with Gasteiger partial charge in [0.15, 0.2) is 0 Å². The van der Waals surface area contributed by atoms with E-state index in [1.807, 2.05) is 12.1 Å². The Morgan fingerprint density at radius 2 is 2.00 bits per heavy atom. The van der Waals surface area contributed by atoms with Crippen LogP contribution in [0.15, 0.2) is 34.7 Å². The van der Waals surface area contributed by atoms with E-state index < -0.39 is 0 Å². The minimum absolute atomic E-state index is 0.272. The predicted octanol–water partition coefficient (Wildman–Crippen LogP) is 5.05. The second-order valence-electron chi connectivity index (χ2n) is 5.32. The minimum Gasteiger partial charge on any atom is -0.459 e. The van der Waals surface area contributed by atoms with E-state index in [1.54, 1.807) is 0 Å². The highest BCUT2D eigenvalue weighted by atomic mass is 16.3. The zero-order valence-electron chi connectivity index (χ0n) is 12.3. The van der Waals surface area contributed by atoms with Gasteiger partial charge in [0.1, 0.15) is 11.3 Å². The minimum atomic E-state index is 0.272. The normalized spacial score (nSPS) is 14.7. The van der Waals surface area contributed by atoms with Gasteiger partial charge in [0, 0.05) is 11.4 Å². The molecule has 0 radical (unpaired) electrons. The van der Waals surface area contributed by atoms with E-state index in [9.17, 15) is 0 Å². The molecule has 0 fully saturated rings. The van der Waals surface area contributed by atoms with Crippen molar-refractivity contribution >= 4 is 11.0 Å². The van der Waals surface area contributed by atoms with Crippen LogP contribution in [-0.4, -0.2) is 6.04 Å². The fourth-order valence-electron chi connectivity index (χ4n) is 2.51. The molecule has 0 bridgehead atoms. The average Bonchev–Trinajstić information content (AvgIpc) is 2.87. The highest BCUT2D eigenvalue weighted by Gasteiger charge is 2.15. The summed E-state index contributed by atoms with van der Waals surface area (Å²) in [6.45, 7) is 6.68. The summed E-state index contributed by atoms with van der Waals surface area (Å²) in [5, 5.41) is 4.87. The molecule has 0 aliphatic carbocycles. The van der Waals surface area contributed by atoms with Crippen LogP contribution in [0.25, 0.3) is 11.0 Å². The first-order chi connectivity index (χ1) is 9.24.